The van der Waals surface area contributed by atoms with Gasteiger partial charge in [-0.05, 0) is 25.0 Å². The number of aromatic amines is 1. The fraction of sp³-hybridized carbons (Fsp3) is 0.385. The lowest BCUT2D eigenvalue weighted by molar-refractivity contribution is 0.280. The number of para-hydroxylation sites is 2. The van der Waals surface area contributed by atoms with Gasteiger partial charge >= 0.3 is 0 Å². The van der Waals surface area contributed by atoms with Crippen LogP contribution in [0.15, 0.2) is 24.3 Å². The predicted molar refractivity (Wildman–Crippen MR) is 77.5 cm³/mol. The number of rotatable bonds is 2. The van der Waals surface area contributed by atoms with E-state index in [4.69, 9.17) is 0 Å². The summed E-state index contributed by atoms with van der Waals surface area (Å²) in [6.07, 6.45) is 1.23. The van der Waals surface area contributed by atoms with Gasteiger partial charge in [0.1, 0.15) is 0 Å². The van der Waals surface area contributed by atoms with Gasteiger partial charge < -0.3 is 15.0 Å². The summed E-state index contributed by atoms with van der Waals surface area (Å²) in [6.45, 7) is 0.437. The summed E-state index contributed by atoms with van der Waals surface area (Å²) in [4.78, 5) is 9.83. The van der Waals surface area contributed by atoms with Gasteiger partial charge in [0.2, 0.25) is 16.2 Å². The molecule has 0 aliphatic carbocycles. The molecule has 6 nitrogen and oxygen atoms in total. The Hall–Kier alpha value is -1.86. The highest BCUT2D eigenvalue weighted by Crippen LogP contribution is 2.23. The lowest BCUT2D eigenvalue weighted by atomic mass is 10.0. The Morgan fingerprint density at radius 1 is 1.40 bits per heavy atom. The second kappa shape index (κ2) is 5.26. The molecule has 1 unspecified atom stereocenters. The van der Waals surface area contributed by atoms with E-state index >= 15 is 0 Å². The highest BCUT2D eigenvalue weighted by molar-refractivity contribution is 7.73. The number of H-pyrrole nitrogens is 1. The molecule has 3 rings (SSSR count). The summed E-state index contributed by atoms with van der Waals surface area (Å²) >= 11 is 0. The SMILES string of the molecule is O=S(=O)=C1CCCN(c2nc3ccccc3[nH]2)C1CO. The van der Waals surface area contributed by atoms with Gasteiger partial charge in [-0.15, -0.1) is 0 Å². The molecule has 1 aliphatic heterocycles. The maximum absolute atomic E-state index is 11.3. The Labute approximate surface area is 117 Å². The largest absolute Gasteiger partial charge is 0.394 e. The van der Waals surface area contributed by atoms with Crippen LogP contribution in [0.25, 0.3) is 11.0 Å². The van der Waals surface area contributed by atoms with Crippen molar-refractivity contribution in [2.75, 3.05) is 18.1 Å². The first kappa shape index (κ1) is 13.1. The van der Waals surface area contributed by atoms with Crippen LogP contribution in [0, 0.1) is 0 Å². The lowest BCUT2D eigenvalue weighted by Crippen LogP contribution is -2.49. The molecule has 20 heavy (non-hydrogen) atoms. The minimum atomic E-state index is -2.27. The zero-order valence-corrected chi connectivity index (χ0v) is 11.6. The molecular formula is C13H15N3O3S. The van der Waals surface area contributed by atoms with Crippen molar-refractivity contribution in [3.05, 3.63) is 24.3 Å². The van der Waals surface area contributed by atoms with E-state index < -0.39 is 16.3 Å². The molecule has 1 aromatic heterocycles. The van der Waals surface area contributed by atoms with E-state index in [1.807, 2.05) is 29.2 Å². The van der Waals surface area contributed by atoms with Crippen LogP contribution in [0.2, 0.25) is 0 Å². The van der Waals surface area contributed by atoms with E-state index in [-0.39, 0.29) is 6.61 Å². The van der Waals surface area contributed by atoms with E-state index in [2.05, 4.69) is 9.97 Å². The second-order valence-corrected chi connectivity index (χ2v) is 5.77. The number of nitrogens with one attached hydrogen (secondary N) is 1. The van der Waals surface area contributed by atoms with Gasteiger partial charge in [-0.1, -0.05) is 12.1 Å². The Morgan fingerprint density at radius 2 is 2.20 bits per heavy atom. The zero-order chi connectivity index (χ0) is 14.1. The monoisotopic (exact) mass is 293 g/mol. The van der Waals surface area contributed by atoms with Crippen LogP contribution in [-0.4, -0.2) is 47.6 Å². The normalized spacial score (nSPS) is 19.6. The second-order valence-electron chi connectivity index (χ2n) is 4.77. The number of hydrogen-bond acceptors (Lipinski definition) is 5. The average Bonchev–Trinajstić information content (AvgIpc) is 2.89. The van der Waals surface area contributed by atoms with Crippen molar-refractivity contribution in [3.63, 3.8) is 0 Å². The number of nitrogens with zero attached hydrogens (tertiary/aromatic N) is 2. The summed E-state index contributed by atoms with van der Waals surface area (Å²) in [7, 11) is -2.27. The minimum Gasteiger partial charge on any atom is -0.394 e. The molecule has 1 saturated heterocycles. The first-order valence-corrected chi connectivity index (χ1v) is 7.55. The van der Waals surface area contributed by atoms with Gasteiger partial charge in [-0.25, -0.2) is 4.98 Å². The molecule has 0 spiro atoms. The third-order valence-corrected chi connectivity index (χ3v) is 4.51. The number of aliphatic hydroxyl groups is 1. The van der Waals surface area contributed by atoms with E-state index in [0.29, 0.717) is 23.8 Å². The highest BCUT2D eigenvalue weighted by atomic mass is 32.2. The molecule has 1 fully saturated rings. The van der Waals surface area contributed by atoms with Gasteiger partial charge in [0.15, 0.2) is 0 Å². The fourth-order valence-electron chi connectivity index (χ4n) is 2.64. The van der Waals surface area contributed by atoms with Crippen LogP contribution in [0.4, 0.5) is 5.95 Å². The van der Waals surface area contributed by atoms with E-state index in [1.165, 1.54) is 0 Å². The first-order valence-electron chi connectivity index (χ1n) is 6.48. The molecule has 0 amide bonds. The molecule has 0 bridgehead atoms. The molecule has 1 aromatic carbocycles. The molecular weight excluding hydrogens is 278 g/mol. The first-order chi connectivity index (χ1) is 9.70. The molecule has 2 aromatic rings. The fourth-order valence-corrected chi connectivity index (χ4v) is 3.38. The Morgan fingerprint density at radius 3 is 2.90 bits per heavy atom. The van der Waals surface area contributed by atoms with Crippen molar-refractivity contribution in [1.29, 1.82) is 0 Å². The van der Waals surface area contributed by atoms with Crippen molar-refractivity contribution in [2.45, 2.75) is 18.9 Å². The predicted octanol–water partition coefficient (Wildman–Crippen LogP) is 0.575. The maximum atomic E-state index is 11.3. The minimum absolute atomic E-state index is 0.236. The summed E-state index contributed by atoms with van der Waals surface area (Å²) in [6, 6.07) is 7.09. The van der Waals surface area contributed by atoms with E-state index in [0.717, 1.165) is 17.5 Å². The van der Waals surface area contributed by atoms with Crippen molar-refractivity contribution in [1.82, 2.24) is 9.97 Å². The van der Waals surface area contributed by atoms with Gasteiger partial charge in [0.25, 0.3) is 0 Å². The smallest absolute Gasteiger partial charge is 0.215 e. The van der Waals surface area contributed by atoms with Gasteiger partial charge in [-0.3, -0.25) is 0 Å². The van der Waals surface area contributed by atoms with Crippen LogP contribution in [0.3, 0.4) is 0 Å². The summed E-state index contributed by atoms with van der Waals surface area (Å²) in [5.41, 5.74) is 1.73. The van der Waals surface area contributed by atoms with Gasteiger partial charge in [0, 0.05) is 6.54 Å². The molecule has 7 heteroatoms. The highest BCUT2D eigenvalue weighted by Gasteiger charge is 2.30. The standard InChI is InChI=1S/C13H15N3O3S/c17-8-11-12(20(18)19)6-3-7-16(11)13-14-9-4-1-2-5-10(9)15-13/h1-2,4-5,11,17H,3,6-8H2,(H,14,15). The molecule has 1 atom stereocenters. The number of benzene rings is 1. The van der Waals surface area contributed by atoms with Crippen LogP contribution in [-0.2, 0) is 10.3 Å². The number of anilines is 1. The number of aliphatic hydroxyl groups excluding tert-OH is 1. The third-order valence-electron chi connectivity index (χ3n) is 3.61. The lowest BCUT2D eigenvalue weighted by Gasteiger charge is -2.34. The molecule has 2 heterocycles. The molecule has 106 valence electrons. The summed E-state index contributed by atoms with van der Waals surface area (Å²) in [5.74, 6) is 0.605. The quantitative estimate of drug-likeness (QED) is 0.791. The summed E-state index contributed by atoms with van der Waals surface area (Å²) < 4.78 is 22.5. The maximum Gasteiger partial charge on any atom is 0.215 e. The van der Waals surface area contributed by atoms with Gasteiger partial charge in [0.05, 0.1) is 28.5 Å². The van der Waals surface area contributed by atoms with Crippen LogP contribution < -0.4 is 4.90 Å². The number of hydrogen-bond donors (Lipinski definition) is 2. The van der Waals surface area contributed by atoms with Gasteiger partial charge in [-0.2, -0.15) is 8.42 Å². The van der Waals surface area contributed by atoms with Crippen molar-refractivity contribution in [3.8, 4) is 0 Å². The third kappa shape index (κ3) is 2.19. The molecule has 2 N–H and O–H groups in total. The van der Waals surface area contributed by atoms with Crippen LogP contribution in [0.1, 0.15) is 12.8 Å². The molecule has 0 saturated carbocycles. The Kier molecular flexibility index (Phi) is 3.45. The Balaban J connectivity index is 2.05. The number of imidazole rings is 1. The van der Waals surface area contributed by atoms with Crippen LogP contribution in [0.5, 0.6) is 0 Å². The average molecular weight is 293 g/mol. The van der Waals surface area contributed by atoms with Crippen molar-refractivity contribution in [2.24, 2.45) is 0 Å². The molecule has 1 aliphatic rings. The summed E-state index contributed by atoms with van der Waals surface area (Å²) in [5, 5.41) is 9.54. The van der Waals surface area contributed by atoms with E-state index in [9.17, 15) is 13.5 Å². The topological polar surface area (TPSA) is 86.3 Å². The van der Waals surface area contributed by atoms with E-state index in [1.54, 1.807) is 0 Å². The molecule has 0 radical (unpaired) electrons. The number of aromatic nitrogens is 2. The Bertz CT molecular complexity index is 725. The van der Waals surface area contributed by atoms with Crippen LogP contribution >= 0.6 is 0 Å². The van der Waals surface area contributed by atoms with Crippen molar-refractivity contribution < 1.29 is 13.5 Å². The van der Waals surface area contributed by atoms with Crippen molar-refractivity contribution >= 4 is 32.1 Å². The zero-order valence-electron chi connectivity index (χ0n) is 10.8. The number of piperidine rings is 1. The number of fused-ring (bicyclic) bond motifs is 1.